The first-order chi connectivity index (χ1) is 11.7. The van der Waals surface area contributed by atoms with Crippen LogP contribution in [0.2, 0.25) is 0 Å². The summed E-state index contributed by atoms with van der Waals surface area (Å²) in [5, 5.41) is 8.33. The fourth-order valence-electron chi connectivity index (χ4n) is 3.46. The highest BCUT2D eigenvalue weighted by Gasteiger charge is 2.40. The van der Waals surface area contributed by atoms with Crippen molar-refractivity contribution >= 4 is 12.0 Å². The highest BCUT2D eigenvalue weighted by Crippen LogP contribution is 2.37. The Balaban J connectivity index is 1.74. The Hall–Kier alpha value is -2.89. The van der Waals surface area contributed by atoms with E-state index in [4.69, 9.17) is 4.74 Å². The standard InChI is InChI=1S/C18H18N4O2/c1-12-19-20-17-9-8-14-15(22(12)17)10-16(18(23)24-2)21(14)11-13-6-4-3-5-7-13/h3-10,14-15H,11H2,1-2H3. The maximum absolute atomic E-state index is 12.3. The van der Waals surface area contributed by atoms with Gasteiger partial charge in [0, 0.05) is 6.54 Å². The van der Waals surface area contributed by atoms with Crippen LogP contribution in [0.1, 0.15) is 23.3 Å². The van der Waals surface area contributed by atoms with Gasteiger partial charge in [-0.1, -0.05) is 36.4 Å². The molecule has 0 amide bonds. The second kappa shape index (κ2) is 5.63. The number of ether oxygens (including phenoxy) is 1. The zero-order chi connectivity index (χ0) is 16.7. The molecule has 6 nitrogen and oxygen atoms in total. The lowest BCUT2D eigenvalue weighted by atomic mass is 10.1. The van der Waals surface area contributed by atoms with Crippen molar-refractivity contribution in [2.45, 2.75) is 25.6 Å². The SMILES string of the molecule is COC(=O)C1=CC2C(C=Cc3nnc(C)n32)N1Cc1ccccc1. The summed E-state index contributed by atoms with van der Waals surface area (Å²) in [6.07, 6.45) is 6.01. The van der Waals surface area contributed by atoms with E-state index in [9.17, 15) is 4.79 Å². The maximum Gasteiger partial charge on any atom is 0.354 e. The summed E-state index contributed by atoms with van der Waals surface area (Å²) in [7, 11) is 1.41. The third-order valence-electron chi connectivity index (χ3n) is 4.57. The Morgan fingerprint density at radius 3 is 2.75 bits per heavy atom. The Labute approximate surface area is 140 Å². The van der Waals surface area contributed by atoms with Crippen molar-refractivity contribution in [2.24, 2.45) is 0 Å². The molecule has 6 heteroatoms. The van der Waals surface area contributed by atoms with Crippen molar-refractivity contribution in [3.8, 4) is 0 Å². The van der Waals surface area contributed by atoms with Crippen LogP contribution in [0, 0.1) is 6.92 Å². The molecule has 0 spiro atoms. The number of aryl methyl sites for hydroxylation is 1. The summed E-state index contributed by atoms with van der Waals surface area (Å²) in [6.45, 7) is 2.57. The minimum atomic E-state index is -0.319. The summed E-state index contributed by atoms with van der Waals surface area (Å²) in [5.74, 6) is 1.34. The number of hydrogen-bond acceptors (Lipinski definition) is 5. The van der Waals surface area contributed by atoms with Crippen molar-refractivity contribution in [3.63, 3.8) is 0 Å². The number of aromatic nitrogens is 3. The topological polar surface area (TPSA) is 60.2 Å². The van der Waals surface area contributed by atoms with Gasteiger partial charge < -0.3 is 14.2 Å². The summed E-state index contributed by atoms with van der Waals surface area (Å²) in [5.41, 5.74) is 1.73. The van der Waals surface area contributed by atoms with Gasteiger partial charge in [0.2, 0.25) is 0 Å². The van der Waals surface area contributed by atoms with Crippen molar-refractivity contribution in [3.05, 3.63) is 65.4 Å². The molecule has 122 valence electrons. The Morgan fingerprint density at radius 2 is 2.00 bits per heavy atom. The minimum absolute atomic E-state index is 0.00203. The fourth-order valence-corrected chi connectivity index (χ4v) is 3.46. The third-order valence-corrected chi connectivity index (χ3v) is 4.57. The molecule has 2 unspecified atom stereocenters. The number of carbonyl (C=O) groups is 1. The largest absolute Gasteiger partial charge is 0.464 e. The van der Waals surface area contributed by atoms with Gasteiger partial charge in [-0.2, -0.15) is 0 Å². The van der Waals surface area contributed by atoms with E-state index in [1.54, 1.807) is 0 Å². The lowest BCUT2D eigenvalue weighted by Crippen LogP contribution is -2.37. The number of benzene rings is 1. The zero-order valence-electron chi connectivity index (χ0n) is 13.6. The molecule has 0 saturated carbocycles. The molecule has 1 aromatic carbocycles. The monoisotopic (exact) mass is 322 g/mol. The van der Waals surface area contributed by atoms with Crippen LogP contribution in [0.3, 0.4) is 0 Å². The molecule has 0 aliphatic carbocycles. The summed E-state index contributed by atoms with van der Waals surface area (Å²) >= 11 is 0. The van der Waals surface area contributed by atoms with Crippen molar-refractivity contribution in [1.29, 1.82) is 0 Å². The number of methoxy groups -OCH3 is 1. The van der Waals surface area contributed by atoms with Gasteiger partial charge in [-0.15, -0.1) is 10.2 Å². The van der Waals surface area contributed by atoms with Gasteiger partial charge >= 0.3 is 5.97 Å². The highest BCUT2D eigenvalue weighted by atomic mass is 16.5. The van der Waals surface area contributed by atoms with Crippen LogP contribution in [0.15, 0.2) is 48.2 Å². The lowest BCUT2D eigenvalue weighted by molar-refractivity contribution is -0.138. The van der Waals surface area contributed by atoms with Gasteiger partial charge in [0.1, 0.15) is 11.5 Å². The van der Waals surface area contributed by atoms with Crippen LogP contribution in [0.4, 0.5) is 0 Å². The van der Waals surface area contributed by atoms with E-state index in [1.165, 1.54) is 7.11 Å². The molecule has 0 saturated heterocycles. The quantitative estimate of drug-likeness (QED) is 0.810. The van der Waals surface area contributed by atoms with E-state index in [0.717, 1.165) is 17.2 Å². The highest BCUT2D eigenvalue weighted by molar-refractivity contribution is 5.88. The van der Waals surface area contributed by atoms with Crippen LogP contribution in [-0.2, 0) is 16.1 Å². The number of fused-ring (bicyclic) bond motifs is 3. The van der Waals surface area contributed by atoms with Crippen molar-refractivity contribution in [2.75, 3.05) is 7.11 Å². The van der Waals surface area contributed by atoms with Gasteiger partial charge in [-0.3, -0.25) is 0 Å². The second-order valence-corrected chi connectivity index (χ2v) is 5.97. The minimum Gasteiger partial charge on any atom is -0.464 e. The molecular weight excluding hydrogens is 304 g/mol. The van der Waals surface area contributed by atoms with Crippen LogP contribution in [-0.4, -0.2) is 38.8 Å². The Morgan fingerprint density at radius 1 is 1.21 bits per heavy atom. The molecule has 0 bridgehead atoms. The third kappa shape index (κ3) is 2.22. The fraction of sp³-hybridized carbons (Fsp3) is 0.278. The molecule has 2 aromatic rings. The summed E-state index contributed by atoms with van der Waals surface area (Å²) in [6, 6.07) is 10.2. The van der Waals surface area contributed by atoms with Crippen LogP contribution < -0.4 is 0 Å². The van der Waals surface area contributed by atoms with E-state index in [1.807, 2.05) is 37.3 Å². The van der Waals surface area contributed by atoms with Crippen LogP contribution >= 0.6 is 0 Å². The predicted molar refractivity (Wildman–Crippen MR) is 88.7 cm³/mol. The van der Waals surface area contributed by atoms with Gasteiger partial charge in [0.05, 0.1) is 19.2 Å². The van der Waals surface area contributed by atoms with Gasteiger partial charge in [-0.05, 0) is 24.6 Å². The molecule has 0 radical (unpaired) electrons. The van der Waals surface area contributed by atoms with Crippen molar-refractivity contribution in [1.82, 2.24) is 19.7 Å². The average molecular weight is 322 g/mol. The van der Waals surface area contributed by atoms with Gasteiger partial charge in [0.25, 0.3) is 0 Å². The Kier molecular flexibility index (Phi) is 3.45. The number of nitrogens with zero attached hydrogens (tertiary/aromatic N) is 4. The average Bonchev–Trinajstić information content (AvgIpc) is 3.16. The summed E-state index contributed by atoms with van der Waals surface area (Å²) < 4.78 is 7.06. The lowest BCUT2D eigenvalue weighted by Gasteiger charge is -2.32. The molecular formula is C18H18N4O2. The first-order valence-corrected chi connectivity index (χ1v) is 7.89. The molecule has 24 heavy (non-hydrogen) atoms. The van der Waals surface area contributed by atoms with Gasteiger partial charge in [0.15, 0.2) is 5.82 Å². The number of rotatable bonds is 3. The van der Waals surface area contributed by atoms with E-state index in [-0.39, 0.29) is 18.1 Å². The molecule has 2 atom stereocenters. The molecule has 0 fully saturated rings. The molecule has 0 N–H and O–H groups in total. The zero-order valence-corrected chi connectivity index (χ0v) is 13.6. The summed E-state index contributed by atoms with van der Waals surface area (Å²) in [4.78, 5) is 14.4. The first-order valence-electron chi connectivity index (χ1n) is 7.89. The molecule has 2 aliphatic heterocycles. The molecule has 2 aliphatic rings. The number of esters is 1. The van der Waals surface area contributed by atoms with E-state index in [0.29, 0.717) is 12.2 Å². The number of carbonyl (C=O) groups excluding carboxylic acids is 1. The van der Waals surface area contributed by atoms with Crippen molar-refractivity contribution < 1.29 is 9.53 Å². The second-order valence-electron chi connectivity index (χ2n) is 5.97. The number of hydrogen-bond donors (Lipinski definition) is 0. The smallest absolute Gasteiger partial charge is 0.354 e. The molecule has 4 rings (SSSR count). The van der Waals surface area contributed by atoms with E-state index < -0.39 is 0 Å². The van der Waals surface area contributed by atoms with E-state index >= 15 is 0 Å². The maximum atomic E-state index is 12.3. The molecule has 3 heterocycles. The first kappa shape index (κ1) is 14.7. The Bertz CT molecular complexity index is 838. The van der Waals surface area contributed by atoms with Gasteiger partial charge in [-0.25, -0.2) is 4.79 Å². The predicted octanol–water partition coefficient (Wildman–Crippen LogP) is 2.10. The van der Waals surface area contributed by atoms with E-state index in [2.05, 4.69) is 37.9 Å². The molecule has 1 aromatic heterocycles. The van der Waals surface area contributed by atoms with Crippen LogP contribution in [0.5, 0.6) is 0 Å². The normalized spacial score (nSPS) is 21.2. The van der Waals surface area contributed by atoms with Crippen LogP contribution in [0.25, 0.3) is 6.08 Å².